The molecule has 0 bridgehead atoms. The molecule has 0 aliphatic heterocycles. The van der Waals surface area contributed by atoms with Crippen molar-refractivity contribution < 1.29 is 0 Å². The zero-order valence-electron chi connectivity index (χ0n) is 9.84. The Morgan fingerprint density at radius 2 is 2.00 bits per heavy atom. The van der Waals surface area contributed by atoms with Gasteiger partial charge in [-0.1, -0.05) is 19.3 Å². The van der Waals surface area contributed by atoms with Crippen LogP contribution in [0.4, 0.5) is 0 Å². The Kier molecular flexibility index (Phi) is 2.96. The van der Waals surface area contributed by atoms with Gasteiger partial charge in [0.1, 0.15) is 0 Å². The van der Waals surface area contributed by atoms with Crippen LogP contribution in [0.2, 0.25) is 0 Å². The van der Waals surface area contributed by atoms with Crippen LogP contribution in [0.5, 0.6) is 0 Å². The van der Waals surface area contributed by atoms with Crippen molar-refractivity contribution in [3.63, 3.8) is 0 Å². The summed E-state index contributed by atoms with van der Waals surface area (Å²) in [5, 5.41) is 11.1. The largest absolute Gasteiger partial charge is 0.311 e. The predicted octanol–water partition coefficient (Wildman–Crippen LogP) is 2.19. The second kappa shape index (κ2) is 4.58. The Morgan fingerprint density at radius 3 is 2.88 bits per heavy atom. The Morgan fingerprint density at radius 1 is 1.12 bits per heavy atom. The Hall–Kier alpha value is -0.830. The first-order chi connectivity index (χ1) is 7.92. The Bertz CT molecular complexity index is 339. The summed E-state index contributed by atoms with van der Waals surface area (Å²) in [6.45, 7) is 0. The van der Waals surface area contributed by atoms with E-state index in [0.717, 1.165) is 12.5 Å². The summed E-state index contributed by atoms with van der Waals surface area (Å²) in [6.07, 6.45) is 12.6. The van der Waals surface area contributed by atoms with E-state index in [1.807, 2.05) is 6.20 Å². The van der Waals surface area contributed by atoms with Gasteiger partial charge in [0, 0.05) is 24.2 Å². The molecule has 2 N–H and O–H groups in total. The number of aromatic nitrogens is 2. The summed E-state index contributed by atoms with van der Waals surface area (Å²) in [7, 11) is 0. The highest BCUT2D eigenvalue weighted by atomic mass is 15.1. The van der Waals surface area contributed by atoms with Crippen molar-refractivity contribution in [2.24, 2.45) is 0 Å². The van der Waals surface area contributed by atoms with Gasteiger partial charge < -0.3 is 5.32 Å². The first-order valence-corrected chi connectivity index (χ1v) is 6.69. The van der Waals surface area contributed by atoms with Crippen LogP contribution >= 0.6 is 0 Å². The molecule has 2 aliphatic rings. The van der Waals surface area contributed by atoms with Gasteiger partial charge in [-0.3, -0.25) is 5.10 Å². The lowest BCUT2D eigenvalue weighted by molar-refractivity contribution is 0.319. The lowest BCUT2D eigenvalue weighted by atomic mass is 9.90. The van der Waals surface area contributed by atoms with E-state index < -0.39 is 0 Å². The molecule has 88 valence electrons. The molecule has 3 heteroatoms. The molecule has 2 aliphatic carbocycles. The van der Waals surface area contributed by atoms with E-state index in [9.17, 15) is 0 Å². The molecule has 0 radical (unpaired) electrons. The summed E-state index contributed by atoms with van der Waals surface area (Å²) in [4.78, 5) is 0. The molecule has 1 fully saturated rings. The number of nitrogens with one attached hydrogen (secondary N) is 2. The van der Waals surface area contributed by atoms with Crippen molar-refractivity contribution in [3.8, 4) is 0 Å². The molecule has 3 rings (SSSR count). The molecule has 3 nitrogen and oxygen atoms in total. The molecule has 1 heterocycles. The van der Waals surface area contributed by atoms with Gasteiger partial charge in [-0.2, -0.15) is 5.10 Å². The van der Waals surface area contributed by atoms with Gasteiger partial charge in [-0.15, -0.1) is 0 Å². The number of hydrogen-bond donors (Lipinski definition) is 2. The monoisotopic (exact) mass is 219 g/mol. The second-order valence-electron chi connectivity index (χ2n) is 5.32. The minimum absolute atomic E-state index is 0.677. The van der Waals surface area contributed by atoms with E-state index in [1.165, 1.54) is 56.2 Å². The number of fused-ring (bicyclic) bond motifs is 1. The van der Waals surface area contributed by atoms with Crippen LogP contribution in [0.15, 0.2) is 6.20 Å². The summed E-state index contributed by atoms with van der Waals surface area (Å²) in [6, 6.07) is 1.46. The van der Waals surface area contributed by atoms with Gasteiger partial charge in [0.25, 0.3) is 0 Å². The minimum atomic E-state index is 0.677. The van der Waals surface area contributed by atoms with Gasteiger partial charge in [0.05, 0.1) is 6.20 Å². The molecule has 1 saturated carbocycles. The maximum Gasteiger partial charge on any atom is 0.0522 e. The average molecular weight is 219 g/mol. The van der Waals surface area contributed by atoms with E-state index in [-0.39, 0.29) is 0 Å². The molecule has 1 unspecified atom stereocenters. The smallest absolute Gasteiger partial charge is 0.0522 e. The summed E-state index contributed by atoms with van der Waals surface area (Å²) < 4.78 is 0. The fourth-order valence-electron chi connectivity index (χ4n) is 3.15. The van der Waals surface area contributed by atoms with Crippen LogP contribution in [0.1, 0.15) is 49.8 Å². The number of aromatic amines is 1. The van der Waals surface area contributed by atoms with Crippen molar-refractivity contribution in [2.75, 3.05) is 0 Å². The normalized spacial score (nSPS) is 26.6. The van der Waals surface area contributed by atoms with Gasteiger partial charge in [0.2, 0.25) is 0 Å². The number of H-pyrrole nitrogens is 1. The maximum absolute atomic E-state index is 4.13. The molecular formula is C13H21N3. The lowest BCUT2D eigenvalue weighted by Gasteiger charge is -2.30. The Balaban J connectivity index is 1.57. The van der Waals surface area contributed by atoms with E-state index in [4.69, 9.17) is 0 Å². The van der Waals surface area contributed by atoms with Crippen LogP contribution in [0, 0.1) is 0 Å². The molecule has 1 atom stereocenters. The van der Waals surface area contributed by atoms with Crippen molar-refractivity contribution in [1.29, 1.82) is 0 Å². The highest BCUT2D eigenvalue weighted by molar-refractivity contribution is 5.20. The standard InChI is InChI=1S/C13H21N3/c1-2-4-11(5-3-1)15-12-7-6-10-9-14-16-13(10)8-12/h9,11-12,15H,1-8H2,(H,14,16). The predicted molar refractivity (Wildman–Crippen MR) is 64.4 cm³/mol. The van der Waals surface area contributed by atoms with Crippen LogP contribution in [-0.4, -0.2) is 22.3 Å². The average Bonchev–Trinajstić information content (AvgIpc) is 2.77. The third kappa shape index (κ3) is 2.14. The summed E-state index contributed by atoms with van der Waals surface area (Å²) in [5.41, 5.74) is 2.79. The topological polar surface area (TPSA) is 40.7 Å². The van der Waals surface area contributed by atoms with Crippen LogP contribution in [0.25, 0.3) is 0 Å². The molecule has 0 saturated heterocycles. The third-order valence-corrected chi connectivity index (χ3v) is 4.10. The summed E-state index contributed by atoms with van der Waals surface area (Å²) >= 11 is 0. The van der Waals surface area contributed by atoms with Crippen LogP contribution in [0.3, 0.4) is 0 Å². The third-order valence-electron chi connectivity index (χ3n) is 4.10. The Labute approximate surface area is 97.0 Å². The second-order valence-corrected chi connectivity index (χ2v) is 5.32. The van der Waals surface area contributed by atoms with Gasteiger partial charge in [-0.05, 0) is 31.2 Å². The molecule has 0 aromatic carbocycles. The molecule has 0 spiro atoms. The van der Waals surface area contributed by atoms with Gasteiger partial charge >= 0.3 is 0 Å². The van der Waals surface area contributed by atoms with Crippen LogP contribution in [-0.2, 0) is 12.8 Å². The quantitative estimate of drug-likeness (QED) is 0.800. The van der Waals surface area contributed by atoms with Crippen molar-refractivity contribution in [3.05, 3.63) is 17.5 Å². The number of hydrogen-bond acceptors (Lipinski definition) is 2. The van der Waals surface area contributed by atoms with E-state index >= 15 is 0 Å². The zero-order chi connectivity index (χ0) is 10.8. The zero-order valence-corrected chi connectivity index (χ0v) is 9.84. The first-order valence-electron chi connectivity index (χ1n) is 6.69. The molecule has 1 aromatic rings. The first kappa shape index (κ1) is 10.3. The highest BCUT2D eigenvalue weighted by Crippen LogP contribution is 2.22. The van der Waals surface area contributed by atoms with Gasteiger partial charge in [0.15, 0.2) is 0 Å². The van der Waals surface area contributed by atoms with Crippen molar-refractivity contribution in [1.82, 2.24) is 15.5 Å². The van der Waals surface area contributed by atoms with Crippen molar-refractivity contribution >= 4 is 0 Å². The fraction of sp³-hybridized carbons (Fsp3) is 0.769. The molecule has 1 aromatic heterocycles. The van der Waals surface area contributed by atoms with Crippen LogP contribution < -0.4 is 5.32 Å². The number of nitrogens with zero attached hydrogens (tertiary/aromatic N) is 1. The fourth-order valence-corrected chi connectivity index (χ4v) is 3.15. The maximum atomic E-state index is 4.13. The number of rotatable bonds is 2. The lowest BCUT2D eigenvalue weighted by Crippen LogP contribution is -2.42. The van der Waals surface area contributed by atoms with E-state index in [2.05, 4.69) is 15.5 Å². The SMILES string of the molecule is c1n[nH]c2c1CCC(NC1CCCCC1)C2. The molecule has 16 heavy (non-hydrogen) atoms. The molecular weight excluding hydrogens is 198 g/mol. The summed E-state index contributed by atoms with van der Waals surface area (Å²) in [5.74, 6) is 0. The molecule has 0 amide bonds. The highest BCUT2D eigenvalue weighted by Gasteiger charge is 2.23. The van der Waals surface area contributed by atoms with E-state index in [0.29, 0.717) is 6.04 Å². The van der Waals surface area contributed by atoms with E-state index in [1.54, 1.807) is 0 Å². The van der Waals surface area contributed by atoms with Crippen molar-refractivity contribution in [2.45, 2.75) is 63.5 Å². The van der Waals surface area contributed by atoms with Gasteiger partial charge in [-0.25, -0.2) is 0 Å². The number of aryl methyl sites for hydroxylation is 1. The minimum Gasteiger partial charge on any atom is -0.311 e.